The number of carboxylic acid groups (broad SMARTS) is 1. The standard InChI is InChI=1S/C11H19N3O4/c1-7-4-14(5-8(7)10(16)17)11(18)13(3)6-9(15)12-2/h7-8H,4-6H2,1-3H3,(H,12,15)(H,16,17)/t7-,8-/m1/s1. The van der Waals surface area contributed by atoms with Crippen LogP contribution in [-0.2, 0) is 9.59 Å². The number of hydrogen-bond donors (Lipinski definition) is 2. The van der Waals surface area contributed by atoms with Crippen LogP contribution in [0.4, 0.5) is 4.79 Å². The van der Waals surface area contributed by atoms with Crippen LogP contribution in [0.3, 0.4) is 0 Å². The van der Waals surface area contributed by atoms with E-state index < -0.39 is 11.9 Å². The summed E-state index contributed by atoms with van der Waals surface area (Å²) in [6.07, 6.45) is 0. The van der Waals surface area contributed by atoms with Crippen LogP contribution in [0.15, 0.2) is 0 Å². The first-order chi connectivity index (χ1) is 8.36. The Labute approximate surface area is 106 Å². The van der Waals surface area contributed by atoms with Gasteiger partial charge in [0.1, 0.15) is 6.54 Å². The third kappa shape index (κ3) is 3.12. The molecule has 0 saturated carbocycles. The van der Waals surface area contributed by atoms with Crippen molar-refractivity contribution in [2.75, 3.05) is 33.7 Å². The molecule has 0 radical (unpaired) electrons. The number of likely N-dealkylation sites (N-methyl/N-ethyl adjacent to an activating group) is 2. The number of carbonyl (C=O) groups is 3. The van der Waals surface area contributed by atoms with Gasteiger partial charge in [-0.3, -0.25) is 9.59 Å². The quantitative estimate of drug-likeness (QED) is 0.709. The number of carbonyl (C=O) groups excluding carboxylic acids is 2. The van der Waals surface area contributed by atoms with E-state index in [1.165, 1.54) is 23.9 Å². The molecular formula is C11H19N3O4. The highest BCUT2D eigenvalue weighted by atomic mass is 16.4. The zero-order valence-corrected chi connectivity index (χ0v) is 10.8. The Morgan fingerprint density at radius 1 is 1.39 bits per heavy atom. The van der Waals surface area contributed by atoms with E-state index in [0.29, 0.717) is 6.54 Å². The summed E-state index contributed by atoms with van der Waals surface area (Å²) in [5, 5.41) is 11.4. The lowest BCUT2D eigenvalue weighted by Crippen LogP contribution is -2.44. The Morgan fingerprint density at radius 3 is 2.44 bits per heavy atom. The van der Waals surface area contributed by atoms with Crippen LogP contribution in [0.1, 0.15) is 6.92 Å². The number of hydrogen-bond acceptors (Lipinski definition) is 3. The van der Waals surface area contributed by atoms with Crippen molar-refractivity contribution in [2.24, 2.45) is 11.8 Å². The molecule has 1 aliphatic rings. The van der Waals surface area contributed by atoms with Crippen molar-refractivity contribution in [3.63, 3.8) is 0 Å². The second-order valence-corrected chi connectivity index (χ2v) is 4.64. The molecule has 0 aliphatic carbocycles. The van der Waals surface area contributed by atoms with E-state index in [2.05, 4.69) is 5.32 Å². The SMILES string of the molecule is CNC(=O)CN(C)C(=O)N1C[C@@H](C)[C@H](C(=O)O)C1. The van der Waals surface area contributed by atoms with Crippen molar-refractivity contribution < 1.29 is 19.5 Å². The zero-order chi connectivity index (χ0) is 13.9. The van der Waals surface area contributed by atoms with Crippen molar-refractivity contribution in [2.45, 2.75) is 6.92 Å². The normalized spacial score (nSPS) is 22.7. The molecule has 0 aromatic carbocycles. The van der Waals surface area contributed by atoms with Gasteiger partial charge in [-0.2, -0.15) is 0 Å². The first kappa shape index (κ1) is 14.3. The van der Waals surface area contributed by atoms with Crippen LogP contribution in [0.5, 0.6) is 0 Å². The number of carboxylic acids is 1. The molecule has 102 valence electrons. The van der Waals surface area contributed by atoms with Gasteiger partial charge in [0.25, 0.3) is 0 Å². The average molecular weight is 257 g/mol. The van der Waals surface area contributed by atoms with Crippen molar-refractivity contribution in [3.8, 4) is 0 Å². The van der Waals surface area contributed by atoms with Gasteiger partial charge in [0, 0.05) is 27.2 Å². The molecule has 1 aliphatic heterocycles. The van der Waals surface area contributed by atoms with Gasteiger partial charge in [-0.25, -0.2) is 4.79 Å². The van der Waals surface area contributed by atoms with Gasteiger partial charge in [-0.05, 0) is 5.92 Å². The average Bonchev–Trinajstić information content (AvgIpc) is 2.70. The molecule has 1 saturated heterocycles. The Bertz CT molecular complexity index is 358. The molecular weight excluding hydrogens is 238 g/mol. The maximum Gasteiger partial charge on any atom is 0.320 e. The fraction of sp³-hybridized carbons (Fsp3) is 0.727. The van der Waals surface area contributed by atoms with E-state index >= 15 is 0 Å². The number of nitrogens with one attached hydrogen (secondary N) is 1. The topological polar surface area (TPSA) is 90.0 Å². The summed E-state index contributed by atoms with van der Waals surface area (Å²) in [6.45, 7) is 2.39. The van der Waals surface area contributed by atoms with Crippen molar-refractivity contribution in [3.05, 3.63) is 0 Å². The van der Waals surface area contributed by atoms with Gasteiger partial charge < -0.3 is 20.2 Å². The molecule has 18 heavy (non-hydrogen) atoms. The molecule has 2 atom stereocenters. The lowest BCUT2D eigenvalue weighted by molar-refractivity contribution is -0.142. The molecule has 3 amide bonds. The van der Waals surface area contributed by atoms with Crippen LogP contribution in [0, 0.1) is 11.8 Å². The monoisotopic (exact) mass is 257 g/mol. The van der Waals surface area contributed by atoms with Crippen LogP contribution >= 0.6 is 0 Å². The fourth-order valence-electron chi connectivity index (χ4n) is 2.05. The third-order valence-electron chi connectivity index (χ3n) is 3.19. The second-order valence-electron chi connectivity index (χ2n) is 4.64. The predicted octanol–water partition coefficient (Wildman–Crippen LogP) is -0.563. The number of likely N-dealkylation sites (tertiary alicyclic amines) is 1. The van der Waals surface area contributed by atoms with Crippen LogP contribution in [0.2, 0.25) is 0 Å². The minimum absolute atomic E-state index is 0.0298. The molecule has 0 unspecified atom stereocenters. The molecule has 1 heterocycles. The summed E-state index contributed by atoms with van der Waals surface area (Å²) in [4.78, 5) is 36.9. The van der Waals surface area contributed by atoms with E-state index in [0.717, 1.165) is 0 Å². The first-order valence-electron chi connectivity index (χ1n) is 5.80. The minimum Gasteiger partial charge on any atom is -0.481 e. The molecule has 1 fully saturated rings. The smallest absolute Gasteiger partial charge is 0.320 e. The van der Waals surface area contributed by atoms with E-state index in [4.69, 9.17) is 5.11 Å². The number of amides is 3. The molecule has 2 N–H and O–H groups in total. The Morgan fingerprint density at radius 2 is 2.00 bits per heavy atom. The lowest BCUT2D eigenvalue weighted by Gasteiger charge is -2.23. The second kappa shape index (κ2) is 5.70. The molecule has 7 heteroatoms. The van der Waals surface area contributed by atoms with Gasteiger partial charge in [0.15, 0.2) is 0 Å². The van der Waals surface area contributed by atoms with Gasteiger partial charge in [-0.15, -0.1) is 0 Å². The summed E-state index contributed by atoms with van der Waals surface area (Å²) in [5.74, 6) is -1.73. The Kier molecular flexibility index (Phi) is 4.52. The minimum atomic E-state index is -0.883. The Hall–Kier alpha value is -1.79. The molecule has 1 rings (SSSR count). The summed E-state index contributed by atoms with van der Waals surface area (Å²) in [5.41, 5.74) is 0. The molecule has 7 nitrogen and oxygen atoms in total. The summed E-state index contributed by atoms with van der Waals surface area (Å²) in [7, 11) is 3.02. The Balaban J connectivity index is 2.58. The number of urea groups is 1. The van der Waals surface area contributed by atoms with Crippen molar-refractivity contribution >= 4 is 17.9 Å². The lowest BCUT2D eigenvalue weighted by atomic mass is 9.99. The largest absolute Gasteiger partial charge is 0.481 e. The maximum absolute atomic E-state index is 12.0. The molecule has 0 aromatic rings. The number of rotatable bonds is 3. The van der Waals surface area contributed by atoms with E-state index in [9.17, 15) is 14.4 Å². The van der Waals surface area contributed by atoms with Crippen LogP contribution < -0.4 is 5.32 Å². The highest BCUT2D eigenvalue weighted by Gasteiger charge is 2.37. The van der Waals surface area contributed by atoms with Gasteiger partial charge in [-0.1, -0.05) is 6.92 Å². The van der Waals surface area contributed by atoms with Crippen molar-refractivity contribution in [1.82, 2.24) is 15.1 Å². The number of aliphatic carboxylic acids is 1. The van der Waals surface area contributed by atoms with Crippen LogP contribution in [-0.4, -0.2) is 66.5 Å². The molecule has 0 spiro atoms. The third-order valence-corrected chi connectivity index (χ3v) is 3.19. The maximum atomic E-state index is 12.0. The molecule has 0 aromatic heterocycles. The summed E-state index contributed by atoms with van der Waals surface area (Å²) >= 11 is 0. The van der Waals surface area contributed by atoms with Crippen molar-refractivity contribution in [1.29, 1.82) is 0 Å². The summed E-state index contributed by atoms with van der Waals surface area (Å²) in [6, 6.07) is -0.311. The highest BCUT2D eigenvalue weighted by Crippen LogP contribution is 2.23. The highest BCUT2D eigenvalue weighted by molar-refractivity contribution is 5.84. The first-order valence-corrected chi connectivity index (χ1v) is 5.80. The molecule has 0 bridgehead atoms. The fourth-order valence-corrected chi connectivity index (χ4v) is 2.05. The van der Waals surface area contributed by atoms with E-state index in [1.54, 1.807) is 0 Å². The van der Waals surface area contributed by atoms with E-state index in [-0.39, 0.29) is 30.9 Å². The van der Waals surface area contributed by atoms with Gasteiger partial charge >= 0.3 is 12.0 Å². The van der Waals surface area contributed by atoms with E-state index in [1.807, 2.05) is 6.92 Å². The number of nitrogens with zero attached hydrogens (tertiary/aromatic N) is 2. The van der Waals surface area contributed by atoms with Gasteiger partial charge in [0.2, 0.25) is 5.91 Å². The van der Waals surface area contributed by atoms with Crippen LogP contribution in [0.25, 0.3) is 0 Å². The summed E-state index contributed by atoms with van der Waals surface area (Å²) < 4.78 is 0. The van der Waals surface area contributed by atoms with Gasteiger partial charge in [0.05, 0.1) is 5.92 Å². The zero-order valence-electron chi connectivity index (χ0n) is 10.8. The predicted molar refractivity (Wildman–Crippen MR) is 64.0 cm³/mol.